The van der Waals surface area contributed by atoms with Gasteiger partial charge in [0.15, 0.2) is 0 Å². The van der Waals surface area contributed by atoms with E-state index in [1.54, 1.807) is 0 Å². The summed E-state index contributed by atoms with van der Waals surface area (Å²) < 4.78 is 0. The summed E-state index contributed by atoms with van der Waals surface area (Å²) in [6, 6.07) is 13.1. The SMILES string of the molecule is Cc1nc(CN(C)c2cccc3cccnc23)cc(N2CCC(N(C)C)C2)n1. The number of nitrogens with zero attached hydrogens (tertiary/aromatic N) is 6. The van der Waals surface area contributed by atoms with E-state index < -0.39 is 0 Å². The monoisotopic (exact) mass is 376 g/mol. The Balaban J connectivity index is 1.57. The second-order valence-electron chi connectivity index (χ2n) is 7.83. The van der Waals surface area contributed by atoms with Gasteiger partial charge >= 0.3 is 0 Å². The van der Waals surface area contributed by atoms with Crippen LogP contribution in [0.2, 0.25) is 0 Å². The van der Waals surface area contributed by atoms with Gasteiger partial charge in [0.25, 0.3) is 0 Å². The number of pyridine rings is 1. The molecule has 6 nitrogen and oxygen atoms in total. The third-order valence-corrected chi connectivity index (χ3v) is 5.52. The quantitative estimate of drug-likeness (QED) is 0.682. The van der Waals surface area contributed by atoms with Crippen LogP contribution in [0.1, 0.15) is 17.9 Å². The number of hydrogen-bond acceptors (Lipinski definition) is 6. The Labute approximate surface area is 166 Å². The number of fused-ring (bicyclic) bond motifs is 1. The fourth-order valence-corrected chi connectivity index (χ4v) is 3.95. The summed E-state index contributed by atoms with van der Waals surface area (Å²) in [6.07, 6.45) is 3.02. The Kier molecular flexibility index (Phi) is 5.13. The second kappa shape index (κ2) is 7.72. The summed E-state index contributed by atoms with van der Waals surface area (Å²) >= 11 is 0. The van der Waals surface area contributed by atoms with Gasteiger partial charge in [-0.25, -0.2) is 9.97 Å². The molecule has 28 heavy (non-hydrogen) atoms. The number of aromatic nitrogens is 3. The van der Waals surface area contributed by atoms with E-state index in [9.17, 15) is 0 Å². The lowest BCUT2D eigenvalue weighted by Gasteiger charge is -2.23. The molecule has 6 heteroatoms. The van der Waals surface area contributed by atoms with Gasteiger partial charge in [-0.05, 0) is 39.6 Å². The first-order valence-corrected chi connectivity index (χ1v) is 9.82. The van der Waals surface area contributed by atoms with Crippen LogP contribution in [-0.4, -0.2) is 60.1 Å². The molecule has 146 valence electrons. The molecule has 0 amide bonds. The molecule has 1 aromatic carbocycles. The van der Waals surface area contributed by atoms with Gasteiger partial charge in [0.05, 0.1) is 23.4 Å². The second-order valence-corrected chi connectivity index (χ2v) is 7.83. The molecule has 0 N–H and O–H groups in total. The van der Waals surface area contributed by atoms with Crippen LogP contribution < -0.4 is 9.80 Å². The number of para-hydroxylation sites is 1. The first kappa shape index (κ1) is 18.6. The van der Waals surface area contributed by atoms with E-state index in [0.717, 1.165) is 53.6 Å². The molecule has 0 radical (unpaired) electrons. The Bertz CT molecular complexity index is 965. The molecule has 1 aliphatic rings. The van der Waals surface area contributed by atoms with E-state index in [4.69, 9.17) is 9.97 Å². The summed E-state index contributed by atoms with van der Waals surface area (Å²) in [7, 11) is 6.40. The minimum absolute atomic E-state index is 0.586. The molecular formula is C22H28N6. The van der Waals surface area contributed by atoms with Crippen LogP contribution in [0.25, 0.3) is 10.9 Å². The van der Waals surface area contributed by atoms with Gasteiger partial charge in [0.1, 0.15) is 11.6 Å². The predicted molar refractivity (Wildman–Crippen MR) is 115 cm³/mol. The Hall–Kier alpha value is -2.73. The zero-order valence-corrected chi connectivity index (χ0v) is 17.1. The van der Waals surface area contributed by atoms with Crippen LogP contribution in [0.4, 0.5) is 11.5 Å². The lowest BCUT2D eigenvalue weighted by molar-refractivity contribution is 0.315. The fourth-order valence-electron chi connectivity index (χ4n) is 3.95. The molecule has 3 heterocycles. The van der Waals surface area contributed by atoms with Crippen molar-refractivity contribution in [3.8, 4) is 0 Å². The van der Waals surface area contributed by atoms with Crippen molar-refractivity contribution in [1.29, 1.82) is 0 Å². The Morgan fingerprint density at radius 3 is 2.71 bits per heavy atom. The first-order valence-electron chi connectivity index (χ1n) is 9.82. The van der Waals surface area contributed by atoms with E-state index in [1.165, 1.54) is 6.42 Å². The van der Waals surface area contributed by atoms with Crippen molar-refractivity contribution in [2.45, 2.75) is 25.9 Å². The van der Waals surface area contributed by atoms with E-state index in [0.29, 0.717) is 6.04 Å². The smallest absolute Gasteiger partial charge is 0.132 e. The van der Waals surface area contributed by atoms with Crippen LogP contribution in [0.15, 0.2) is 42.6 Å². The maximum absolute atomic E-state index is 4.71. The van der Waals surface area contributed by atoms with E-state index in [2.05, 4.69) is 71.2 Å². The molecule has 3 aromatic rings. The van der Waals surface area contributed by atoms with Crippen LogP contribution in [0, 0.1) is 6.92 Å². The maximum Gasteiger partial charge on any atom is 0.132 e. The number of aryl methyl sites for hydroxylation is 1. The Morgan fingerprint density at radius 1 is 1.11 bits per heavy atom. The molecule has 1 saturated heterocycles. The molecule has 0 spiro atoms. The van der Waals surface area contributed by atoms with E-state index in [1.807, 2.05) is 19.2 Å². The van der Waals surface area contributed by atoms with Crippen LogP contribution >= 0.6 is 0 Å². The molecule has 1 fully saturated rings. The maximum atomic E-state index is 4.71. The summed E-state index contributed by atoms with van der Waals surface area (Å²) in [6.45, 7) is 4.76. The zero-order chi connectivity index (χ0) is 19.7. The fraction of sp³-hybridized carbons (Fsp3) is 0.409. The largest absolute Gasteiger partial charge is 0.367 e. The molecule has 4 rings (SSSR count). The third-order valence-electron chi connectivity index (χ3n) is 5.52. The number of likely N-dealkylation sites (N-methyl/N-ethyl adjacent to an activating group) is 1. The summed E-state index contributed by atoms with van der Waals surface area (Å²) in [5.41, 5.74) is 3.17. The van der Waals surface area contributed by atoms with Crippen molar-refractivity contribution in [3.05, 3.63) is 54.1 Å². The molecule has 0 saturated carbocycles. The highest BCUT2D eigenvalue weighted by Crippen LogP contribution is 2.26. The first-order chi connectivity index (χ1) is 13.5. The third kappa shape index (κ3) is 3.78. The average molecular weight is 377 g/mol. The van der Waals surface area contributed by atoms with Gasteiger partial charge in [-0.1, -0.05) is 18.2 Å². The summed E-state index contributed by atoms with van der Waals surface area (Å²) in [5.74, 6) is 1.86. The zero-order valence-electron chi connectivity index (χ0n) is 17.1. The molecular weight excluding hydrogens is 348 g/mol. The standard InChI is InChI=1S/C22H28N6/c1-16-24-18(13-21(25-16)28-12-10-19(15-28)26(2)3)14-27(4)20-9-5-7-17-8-6-11-23-22(17)20/h5-9,11,13,19H,10,12,14-15H2,1-4H3. The minimum atomic E-state index is 0.586. The number of hydrogen-bond donors (Lipinski definition) is 0. The van der Waals surface area contributed by atoms with E-state index >= 15 is 0 Å². The van der Waals surface area contributed by atoms with Gasteiger partial charge in [-0.2, -0.15) is 0 Å². The number of benzene rings is 1. The van der Waals surface area contributed by atoms with Crippen molar-refractivity contribution in [3.63, 3.8) is 0 Å². The Morgan fingerprint density at radius 2 is 1.93 bits per heavy atom. The molecule has 0 aliphatic carbocycles. The van der Waals surface area contributed by atoms with Gasteiger partial charge < -0.3 is 14.7 Å². The van der Waals surface area contributed by atoms with Crippen molar-refractivity contribution in [2.75, 3.05) is 44.0 Å². The van der Waals surface area contributed by atoms with Crippen molar-refractivity contribution in [2.24, 2.45) is 0 Å². The normalized spacial score (nSPS) is 16.9. The van der Waals surface area contributed by atoms with E-state index in [-0.39, 0.29) is 0 Å². The van der Waals surface area contributed by atoms with Gasteiger partial charge in [-0.15, -0.1) is 0 Å². The summed E-state index contributed by atoms with van der Waals surface area (Å²) in [4.78, 5) is 20.9. The molecule has 1 aliphatic heterocycles. The molecule has 0 bridgehead atoms. The van der Waals surface area contributed by atoms with Crippen molar-refractivity contribution >= 4 is 22.4 Å². The molecule has 2 aromatic heterocycles. The number of rotatable bonds is 5. The number of anilines is 2. The highest BCUT2D eigenvalue weighted by molar-refractivity contribution is 5.90. The van der Waals surface area contributed by atoms with Gasteiger partial charge in [0.2, 0.25) is 0 Å². The van der Waals surface area contributed by atoms with Crippen molar-refractivity contribution < 1.29 is 0 Å². The van der Waals surface area contributed by atoms with Crippen LogP contribution in [0.3, 0.4) is 0 Å². The minimum Gasteiger partial charge on any atom is -0.367 e. The average Bonchev–Trinajstić information content (AvgIpc) is 3.18. The lowest BCUT2D eigenvalue weighted by atomic mass is 10.1. The predicted octanol–water partition coefficient (Wildman–Crippen LogP) is 3.11. The van der Waals surface area contributed by atoms with Gasteiger partial charge in [0, 0.05) is 43.8 Å². The summed E-state index contributed by atoms with van der Waals surface area (Å²) in [5, 5.41) is 1.15. The topological polar surface area (TPSA) is 48.4 Å². The molecule has 1 atom stereocenters. The lowest BCUT2D eigenvalue weighted by Crippen LogP contribution is -2.32. The van der Waals surface area contributed by atoms with Gasteiger partial charge in [-0.3, -0.25) is 4.98 Å². The van der Waals surface area contributed by atoms with Crippen molar-refractivity contribution in [1.82, 2.24) is 19.9 Å². The highest BCUT2D eigenvalue weighted by Gasteiger charge is 2.25. The highest BCUT2D eigenvalue weighted by atomic mass is 15.3. The van der Waals surface area contributed by atoms with Crippen LogP contribution in [-0.2, 0) is 6.54 Å². The molecule has 1 unspecified atom stereocenters. The van der Waals surface area contributed by atoms with Crippen LogP contribution in [0.5, 0.6) is 0 Å².